The standard InChI is InChI=1S/C17H33/c1-3-5-7-9-11-13-15-17-16-14-12-10-8-6-4-2/h1,3H,4-17H2,2H3. The van der Waals surface area contributed by atoms with Gasteiger partial charge in [-0.25, -0.2) is 0 Å². The normalized spacial score (nSPS) is 10.6. The smallest absolute Gasteiger partial charge is 0.0348 e. The molecule has 0 aliphatic carbocycles. The van der Waals surface area contributed by atoms with Crippen LogP contribution in [0.5, 0.6) is 0 Å². The van der Waals surface area contributed by atoms with Gasteiger partial charge in [-0.15, -0.1) is 0 Å². The van der Waals surface area contributed by atoms with E-state index in [1.54, 1.807) is 6.08 Å². The molecular formula is C17H33. The third kappa shape index (κ3) is 15.7. The maximum atomic E-state index is 5.34. The molecule has 101 valence electrons. The van der Waals surface area contributed by atoms with Crippen LogP contribution in [0.15, 0.2) is 6.08 Å². The van der Waals surface area contributed by atoms with E-state index in [0.717, 1.165) is 6.42 Å². The predicted molar refractivity (Wildman–Crippen MR) is 79.2 cm³/mol. The number of allylic oxidation sites excluding steroid dienone is 1. The first-order valence-electron chi connectivity index (χ1n) is 7.95. The highest BCUT2D eigenvalue weighted by Gasteiger charge is 1.93. The van der Waals surface area contributed by atoms with Gasteiger partial charge in [0.25, 0.3) is 0 Å². The van der Waals surface area contributed by atoms with Crippen LogP contribution in [-0.4, -0.2) is 0 Å². The van der Waals surface area contributed by atoms with Crippen LogP contribution in [0.2, 0.25) is 0 Å². The summed E-state index contributed by atoms with van der Waals surface area (Å²) in [5.74, 6) is 0. The summed E-state index contributed by atoms with van der Waals surface area (Å²) < 4.78 is 0. The third-order valence-electron chi connectivity index (χ3n) is 3.47. The molecule has 0 fully saturated rings. The van der Waals surface area contributed by atoms with Gasteiger partial charge in [0.1, 0.15) is 0 Å². The number of rotatable bonds is 14. The molecule has 0 heteroatoms. The monoisotopic (exact) mass is 237 g/mol. The van der Waals surface area contributed by atoms with E-state index in [2.05, 4.69) is 6.92 Å². The van der Waals surface area contributed by atoms with Gasteiger partial charge in [-0.05, 0) is 12.8 Å². The molecular weight excluding hydrogens is 204 g/mol. The third-order valence-corrected chi connectivity index (χ3v) is 3.47. The first-order chi connectivity index (χ1) is 8.41. The van der Waals surface area contributed by atoms with E-state index in [-0.39, 0.29) is 0 Å². The van der Waals surface area contributed by atoms with Crippen LogP contribution in [0, 0.1) is 6.58 Å². The van der Waals surface area contributed by atoms with Gasteiger partial charge >= 0.3 is 0 Å². The van der Waals surface area contributed by atoms with Gasteiger partial charge in [0.2, 0.25) is 0 Å². The fourth-order valence-corrected chi connectivity index (χ4v) is 2.28. The fourth-order valence-electron chi connectivity index (χ4n) is 2.28. The molecule has 17 heavy (non-hydrogen) atoms. The van der Waals surface area contributed by atoms with Crippen molar-refractivity contribution < 1.29 is 0 Å². The molecule has 0 aromatic carbocycles. The van der Waals surface area contributed by atoms with E-state index in [1.807, 2.05) is 0 Å². The molecule has 0 saturated heterocycles. The first-order valence-corrected chi connectivity index (χ1v) is 7.95. The zero-order valence-electron chi connectivity index (χ0n) is 12.1. The highest BCUT2D eigenvalue weighted by atomic mass is 14.0. The molecule has 0 aliphatic rings. The minimum Gasteiger partial charge on any atom is -0.0845 e. The van der Waals surface area contributed by atoms with E-state index >= 15 is 0 Å². The van der Waals surface area contributed by atoms with Crippen LogP contribution in [0.1, 0.15) is 96.8 Å². The highest BCUT2D eigenvalue weighted by Crippen LogP contribution is 2.12. The van der Waals surface area contributed by atoms with Crippen molar-refractivity contribution in [3.63, 3.8) is 0 Å². The Labute approximate surface area is 110 Å². The van der Waals surface area contributed by atoms with Gasteiger partial charge in [-0.3, -0.25) is 0 Å². The van der Waals surface area contributed by atoms with Gasteiger partial charge in [-0.2, -0.15) is 0 Å². The molecule has 0 heterocycles. The Balaban J connectivity index is 2.87. The molecule has 0 amide bonds. The van der Waals surface area contributed by atoms with Crippen molar-refractivity contribution in [2.24, 2.45) is 0 Å². The Hall–Kier alpha value is -0.260. The van der Waals surface area contributed by atoms with Crippen molar-refractivity contribution in [1.29, 1.82) is 0 Å². The average molecular weight is 237 g/mol. The lowest BCUT2D eigenvalue weighted by Gasteiger charge is -2.02. The summed E-state index contributed by atoms with van der Waals surface area (Å²) in [5.41, 5.74) is 0. The Morgan fingerprint density at radius 1 is 0.588 bits per heavy atom. The highest BCUT2D eigenvalue weighted by molar-refractivity contribution is 4.61. The lowest BCUT2D eigenvalue weighted by molar-refractivity contribution is 0.540. The minimum absolute atomic E-state index is 1.10. The molecule has 0 aromatic rings. The van der Waals surface area contributed by atoms with Crippen molar-refractivity contribution in [1.82, 2.24) is 0 Å². The zero-order chi connectivity index (χ0) is 12.6. The molecule has 0 rings (SSSR count). The maximum absolute atomic E-state index is 5.34. The van der Waals surface area contributed by atoms with Crippen LogP contribution >= 0.6 is 0 Å². The van der Waals surface area contributed by atoms with Gasteiger partial charge in [0.05, 0.1) is 0 Å². The van der Waals surface area contributed by atoms with Crippen molar-refractivity contribution in [3.8, 4) is 0 Å². The summed E-state index contributed by atoms with van der Waals surface area (Å²) in [6.07, 6.45) is 21.4. The predicted octanol–water partition coefficient (Wildman–Crippen LogP) is 6.46. The van der Waals surface area contributed by atoms with Crippen LogP contribution < -0.4 is 0 Å². The second-order valence-corrected chi connectivity index (χ2v) is 5.27. The molecule has 0 bridgehead atoms. The lowest BCUT2D eigenvalue weighted by Crippen LogP contribution is -1.82. The van der Waals surface area contributed by atoms with E-state index < -0.39 is 0 Å². The Bertz CT molecular complexity index is 137. The molecule has 0 aromatic heterocycles. The van der Waals surface area contributed by atoms with Crippen LogP contribution in [0.3, 0.4) is 0 Å². The summed E-state index contributed by atoms with van der Waals surface area (Å²) in [5, 5.41) is 0. The Morgan fingerprint density at radius 2 is 0.941 bits per heavy atom. The number of hydrogen-bond donors (Lipinski definition) is 0. The average Bonchev–Trinajstić information content (AvgIpc) is 2.35. The van der Waals surface area contributed by atoms with E-state index in [0.29, 0.717) is 0 Å². The van der Waals surface area contributed by atoms with E-state index in [4.69, 9.17) is 6.58 Å². The molecule has 0 atom stereocenters. The molecule has 0 aliphatic heterocycles. The van der Waals surface area contributed by atoms with E-state index in [1.165, 1.54) is 83.5 Å². The molecule has 0 spiro atoms. The topological polar surface area (TPSA) is 0 Å². The molecule has 0 saturated carbocycles. The van der Waals surface area contributed by atoms with E-state index in [9.17, 15) is 0 Å². The summed E-state index contributed by atoms with van der Waals surface area (Å²) >= 11 is 0. The van der Waals surface area contributed by atoms with Gasteiger partial charge < -0.3 is 0 Å². The minimum atomic E-state index is 1.10. The largest absolute Gasteiger partial charge is 0.0845 e. The quantitative estimate of drug-likeness (QED) is 0.304. The molecule has 0 N–H and O–H groups in total. The SMILES string of the molecule is [CH]=CCCCCCCCCCCCCCCC. The van der Waals surface area contributed by atoms with Crippen LogP contribution in [0.25, 0.3) is 0 Å². The summed E-state index contributed by atoms with van der Waals surface area (Å²) in [6, 6.07) is 0. The molecule has 0 nitrogen and oxygen atoms in total. The summed E-state index contributed by atoms with van der Waals surface area (Å²) in [4.78, 5) is 0. The van der Waals surface area contributed by atoms with Crippen molar-refractivity contribution in [2.75, 3.05) is 0 Å². The van der Waals surface area contributed by atoms with Gasteiger partial charge in [-0.1, -0.05) is 96.6 Å². The lowest BCUT2D eigenvalue weighted by atomic mass is 10.0. The zero-order valence-corrected chi connectivity index (χ0v) is 12.1. The maximum Gasteiger partial charge on any atom is -0.0348 e. The summed E-state index contributed by atoms with van der Waals surface area (Å²) in [6.45, 7) is 7.63. The van der Waals surface area contributed by atoms with Crippen molar-refractivity contribution >= 4 is 0 Å². The molecule has 0 unspecified atom stereocenters. The van der Waals surface area contributed by atoms with Crippen LogP contribution in [0.4, 0.5) is 0 Å². The van der Waals surface area contributed by atoms with Crippen molar-refractivity contribution in [2.45, 2.75) is 96.8 Å². The fraction of sp³-hybridized carbons (Fsp3) is 0.882. The second-order valence-electron chi connectivity index (χ2n) is 5.27. The van der Waals surface area contributed by atoms with Gasteiger partial charge in [0.15, 0.2) is 0 Å². The summed E-state index contributed by atoms with van der Waals surface area (Å²) in [7, 11) is 0. The van der Waals surface area contributed by atoms with Gasteiger partial charge in [0, 0.05) is 0 Å². The molecule has 1 radical (unpaired) electrons. The Kier molecular flexibility index (Phi) is 15.5. The number of unbranched alkanes of at least 4 members (excludes halogenated alkanes) is 13. The Morgan fingerprint density at radius 3 is 1.29 bits per heavy atom. The van der Waals surface area contributed by atoms with Crippen molar-refractivity contribution in [3.05, 3.63) is 12.7 Å². The number of hydrogen-bond acceptors (Lipinski definition) is 0. The van der Waals surface area contributed by atoms with Crippen LogP contribution in [-0.2, 0) is 0 Å². The first kappa shape index (κ1) is 16.7. The second kappa shape index (κ2) is 15.7.